The van der Waals surface area contributed by atoms with Gasteiger partial charge < -0.3 is 10.6 Å². The number of halogens is 1. The summed E-state index contributed by atoms with van der Waals surface area (Å²) in [6.07, 6.45) is 6.89. The lowest BCUT2D eigenvalue weighted by molar-refractivity contribution is 0.401. The monoisotopic (exact) mass is 378 g/mol. The van der Waals surface area contributed by atoms with Crippen LogP contribution in [0.3, 0.4) is 0 Å². The Morgan fingerprint density at radius 3 is 2.41 bits per heavy atom. The quantitative estimate of drug-likeness (QED) is 0.660. The van der Waals surface area contributed by atoms with Gasteiger partial charge in [0.25, 0.3) is 0 Å². The van der Waals surface area contributed by atoms with Gasteiger partial charge in [0.15, 0.2) is 0 Å². The molecule has 0 amide bonds. The van der Waals surface area contributed by atoms with Crippen molar-refractivity contribution in [3.05, 3.63) is 71.5 Å². The molecule has 4 nitrogen and oxygen atoms in total. The fourth-order valence-electron chi connectivity index (χ4n) is 3.73. The molecule has 2 heterocycles. The Kier molecular flexibility index (Phi) is 5.26. The number of nitrogens with zero attached hydrogens (tertiary/aromatic N) is 3. The van der Waals surface area contributed by atoms with Crippen LogP contribution in [-0.2, 0) is 6.42 Å². The highest BCUT2D eigenvalue weighted by Crippen LogP contribution is 2.30. The average Bonchev–Trinajstić information content (AvgIpc) is 2.71. The minimum absolute atomic E-state index is 0.643. The molecule has 3 aromatic rings. The largest absolute Gasteiger partial charge is 0.398 e. The number of hydrogen-bond donors (Lipinski definition) is 1. The summed E-state index contributed by atoms with van der Waals surface area (Å²) < 4.78 is 0. The van der Waals surface area contributed by atoms with Crippen molar-refractivity contribution in [2.45, 2.75) is 19.3 Å². The smallest absolute Gasteiger partial charge is 0.225 e. The van der Waals surface area contributed by atoms with E-state index in [4.69, 9.17) is 17.3 Å². The first kappa shape index (κ1) is 17.8. The first-order valence-electron chi connectivity index (χ1n) is 9.35. The first-order valence-corrected chi connectivity index (χ1v) is 9.73. The van der Waals surface area contributed by atoms with E-state index in [0.29, 0.717) is 5.92 Å². The van der Waals surface area contributed by atoms with E-state index in [0.717, 1.165) is 60.1 Å². The maximum atomic E-state index is 6.37. The number of aromatic nitrogens is 2. The van der Waals surface area contributed by atoms with Gasteiger partial charge in [-0.2, -0.15) is 0 Å². The molecule has 1 aliphatic heterocycles. The van der Waals surface area contributed by atoms with Crippen molar-refractivity contribution in [2.75, 3.05) is 23.7 Å². The summed E-state index contributed by atoms with van der Waals surface area (Å²) in [7, 11) is 0. The van der Waals surface area contributed by atoms with Gasteiger partial charge in [-0.15, -0.1) is 0 Å². The molecule has 1 saturated heterocycles. The highest BCUT2D eigenvalue weighted by atomic mass is 35.5. The van der Waals surface area contributed by atoms with Crippen LogP contribution in [0.1, 0.15) is 18.4 Å². The Balaban J connectivity index is 1.40. The van der Waals surface area contributed by atoms with Crippen molar-refractivity contribution in [1.82, 2.24) is 9.97 Å². The molecule has 0 bridgehead atoms. The van der Waals surface area contributed by atoms with Crippen LogP contribution in [0.2, 0.25) is 5.02 Å². The predicted molar refractivity (Wildman–Crippen MR) is 112 cm³/mol. The minimum atomic E-state index is 0.643. The number of nitrogens with two attached hydrogens (primary N) is 1. The summed E-state index contributed by atoms with van der Waals surface area (Å²) in [6.45, 7) is 1.99. The predicted octanol–water partition coefficient (Wildman–Crippen LogP) is 4.84. The van der Waals surface area contributed by atoms with E-state index in [9.17, 15) is 0 Å². The van der Waals surface area contributed by atoms with Gasteiger partial charge in [-0.25, -0.2) is 9.97 Å². The van der Waals surface area contributed by atoms with Gasteiger partial charge >= 0.3 is 0 Å². The molecule has 0 spiro atoms. The molecule has 0 radical (unpaired) electrons. The Morgan fingerprint density at radius 2 is 1.70 bits per heavy atom. The number of rotatable bonds is 4. The third-order valence-corrected chi connectivity index (χ3v) is 5.50. The summed E-state index contributed by atoms with van der Waals surface area (Å²) >= 11 is 6.11. The topological polar surface area (TPSA) is 55.0 Å². The maximum absolute atomic E-state index is 6.37. The molecule has 1 aliphatic rings. The van der Waals surface area contributed by atoms with Crippen LogP contribution < -0.4 is 10.6 Å². The second kappa shape index (κ2) is 7.97. The van der Waals surface area contributed by atoms with E-state index in [1.54, 1.807) is 12.4 Å². The third-order valence-electron chi connectivity index (χ3n) is 5.26. The number of anilines is 2. The van der Waals surface area contributed by atoms with Gasteiger partial charge in [-0.3, -0.25) is 0 Å². The second-order valence-electron chi connectivity index (χ2n) is 7.11. The highest BCUT2D eigenvalue weighted by molar-refractivity contribution is 6.30. The van der Waals surface area contributed by atoms with Crippen LogP contribution >= 0.6 is 11.6 Å². The van der Waals surface area contributed by atoms with Crippen LogP contribution in [0.4, 0.5) is 11.6 Å². The summed E-state index contributed by atoms with van der Waals surface area (Å²) in [5.74, 6) is 1.48. The molecule has 1 aromatic heterocycles. The van der Waals surface area contributed by atoms with Gasteiger partial charge in [0, 0.05) is 36.2 Å². The fourth-order valence-corrected chi connectivity index (χ4v) is 3.92. The van der Waals surface area contributed by atoms with Crippen molar-refractivity contribution >= 4 is 23.2 Å². The van der Waals surface area contributed by atoms with Gasteiger partial charge in [-0.05, 0) is 66.1 Å². The first-order chi connectivity index (χ1) is 13.2. The molecular formula is C22H23ClN4. The molecule has 4 rings (SSSR count). The molecule has 2 aromatic carbocycles. The Labute approximate surface area is 165 Å². The number of piperidine rings is 1. The zero-order valence-corrected chi connectivity index (χ0v) is 15.9. The molecule has 5 heteroatoms. The summed E-state index contributed by atoms with van der Waals surface area (Å²) in [6, 6.07) is 16.1. The maximum Gasteiger partial charge on any atom is 0.225 e. The van der Waals surface area contributed by atoms with E-state index >= 15 is 0 Å². The van der Waals surface area contributed by atoms with Crippen LogP contribution in [0, 0.1) is 5.92 Å². The normalized spacial score (nSPS) is 15.1. The highest BCUT2D eigenvalue weighted by Gasteiger charge is 2.21. The van der Waals surface area contributed by atoms with E-state index in [1.165, 1.54) is 5.56 Å². The summed E-state index contributed by atoms with van der Waals surface area (Å²) in [5.41, 5.74) is 10.7. The average molecular weight is 379 g/mol. The van der Waals surface area contributed by atoms with Crippen LogP contribution in [0.5, 0.6) is 0 Å². The van der Waals surface area contributed by atoms with E-state index in [-0.39, 0.29) is 0 Å². The van der Waals surface area contributed by atoms with Gasteiger partial charge in [0.1, 0.15) is 0 Å². The van der Waals surface area contributed by atoms with Crippen LogP contribution in [0.25, 0.3) is 11.1 Å². The van der Waals surface area contributed by atoms with Crippen molar-refractivity contribution in [3.8, 4) is 11.1 Å². The van der Waals surface area contributed by atoms with Gasteiger partial charge in [-0.1, -0.05) is 35.9 Å². The minimum Gasteiger partial charge on any atom is -0.398 e. The third kappa shape index (κ3) is 4.22. The van der Waals surface area contributed by atoms with Gasteiger partial charge in [0.05, 0.1) is 0 Å². The van der Waals surface area contributed by atoms with Crippen molar-refractivity contribution in [3.63, 3.8) is 0 Å². The van der Waals surface area contributed by atoms with Crippen LogP contribution in [0.15, 0.2) is 60.9 Å². The standard InChI is InChI=1S/C22H23ClN4/c23-20-4-1-3-17(14-20)18-5-6-19(21(24)15-18)13-16-7-11-27(12-8-16)22-25-9-2-10-26-22/h1-6,9-10,14-16H,7-8,11-13,24H2. The van der Waals surface area contributed by atoms with Gasteiger partial charge in [0.2, 0.25) is 5.95 Å². The van der Waals surface area contributed by atoms with Crippen molar-refractivity contribution < 1.29 is 0 Å². The lowest BCUT2D eigenvalue weighted by atomic mass is 9.89. The van der Waals surface area contributed by atoms with E-state index in [2.05, 4.69) is 39.1 Å². The summed E-state index contributed by atoms with van der Waals surface area (Å²) in [5, 5.41) is 0.740. The fraction of sp³-hybridized carbons (Fsp3) is 0.273. The molecule has 27 heavy (non-hydrogen) atoms. The van der Waals surface area contributed by atoms with Crippen molar-refractivity contribution in [2.24, 2.45) is 5.92 Å². The molecule has 0 aliphatic carbocycles. The lowest BCUT2D eigenvalue weighted by Gasteiger charge is -2.32. The van der Waals surface area contributed by atoms with E-state index in [1.807, 2.05) is 24.3 Å². The van der Waals surface area contributed by atoms with E-state index < -0.39 is 0 Å². The number of hydrogen-bond acceptors (Lipinski definition) is 4. The Bertz CT molecular complexity index is 905. The lowest BCUT2D eigenvalue weighted by Crippen LogP contribution is -2.35. The Morgan fingerprint density at radius 1 is 0.963 bits per heavy atom. The van der Waals surface area contributed by atoms with Crippen LogP contribution in [-0.4, -0.2) is 23.1 Å². The molecule has 2 N–H and O–H groups in total. The molecule has 1 fully saturated rings. The number of benzene rings is 2. The molecule has 0 atom stereocenters. The Hall–Kier alpha value is -2.59. The molecule has 0 saturated carbocycles. The zero-order chi connectivity index (χ0) is 18.6. The zero-order valence-electron chi connectivity index (χ0n) is 15.2. The molecule has 0 unspecified atom stereocenters. The molecular weight excluding hydrogens is 356 g/mol. The SMILES string of the molecule is Nc1cc(-c2cccc(Cl)c2)ccc1CC1CCN(c2ncccn2)CC1. The summed E-state index contributed by atoms with van der Waals surface area (Å²) in [4.78, 5) is 11.0. The molecule has 138 valence electrons. The van der Waals surface area contributed by atoms with Crippen molar-refractivity contribution in [1.29, 1.82) is 0 Å². The number of nitrogen functional groups attached to an aromatic ring is 1. The second-order valence-corrected chi connectivity index (χ2v) is 7.54.